The van der Waals surface area contributed by atoms with E-state index >= 15 is 0 Å². The Bertz CT molecular complexity index is 956. The first kappa shape index (κ1) is 25.7. The molecule has 1 aliphatic rings. The summed E-state index contributed by atoms with van der Waals surface area (Å²) in [5.41, 5.74) is 2.12. The van der Waals surface area contributed by atoms with Gasteiger partial charge in [0.25, 0.3) is 0 Å². The van der Waals surface area contributed by atoms with Crippen LogP contribution in [0.4, 0.5) is 4.79 Å². The van der Waals surface area contributed by atoms with Gasteiger partial charge >= 0.3 is 6.09 Å². The van der Waals surface area contributed by atoms with Gasteiger partial charge in [-0.15, -0.1) is 0 Å². The second-order valence-electron chi connectivity index (χ2n) is 9.03. The molecule has 6 nitrogen and oxygen atoms in total. The van der Waals surface area contributed by atoms with Crippen molar-refractivity contribution in [3.63, 3.8) is 0 Å². The molecule has 8 heteroatoms. The number of halogens is 2. The smallest absolute Gasteiger partial charge is 0.404 e. The number of hydrogen-bond donors (Lipinski definition) is 2. The minimum atomic E-state index is -0.976. The Morgan fingerprint density at radius 2 is 1.97 bits per heavy atom. The van der Waals surface area contributed by atoms with Crippen LogP contribution in [0.5, 0.6) is 11.5 Å². The van der Waals surface area contributed by atoms with E-state index in [1.165, 1.54) is 0 Å². The summed E-state index contributed by atoms with van der Waals surface area (Å²) in [6.07, 6.45) is 0.790. The summed E-state index contributed by atoms with van der Waals surface area (Å²) in [5.74, 6) is 2.21. The number of carboxylic acid groups (broad SMARTS) is 1. The summed E-state index contributed by atoms with van der Waals surface area (Å²) >= 11 is 9.60. The lowest BCUT2D eigenvalue weighted by Crippen LogP contribution is -2.37. The number of nitrogens with zero attached hydrogens (tertiary/aromatic N) is 1. The van der Waals surface area contributed by atoms with Gasteiger partial charge in [0.1, 0.15) is 18.1 Å². The number of nitrogens with one attached hydrogen (secondary N) is 1. The van der Waals surface area contributed by atoms with Crippen LogP contribution in [0.2, 0.25) is 5.02 Å². The summed E-state index contributed by atoms with van der Waals surface area (Å²) in [6.45, 7) is 6.68. The Labute approximate surface area is 209 Å². The molecule has 0 saturated carbocycles. The third-order valence-corrected chi connectivity index (χ3v) is 6.83. The van der Waals surface area contributed by atoms with Crippen molar-refractivity contribution in [2.24, 2.45) is 11.8 Å². The minimum absolute atomic E-state index is 0.246. The lowest BCUT2D eigenvalue weighted by molar-refractivity contribution is 0.189. The molecule has 33 heavy (non-hydrogen) atoms. The predicted molar refractivity (Wildman–Crippen MR) is 135 cm³/mol. The van der Waals surface area contributed by atoms with Crippen LogP contribution < -0.4 is 14.8 Å². The normalized spacial score (nSPS) is 18.5. The minimum Gasteiger partial charge on any atom is -0.493 e. The van der Waals surface area contributed by atoms with Gasteiger partial charge in [0, 0.05) is 33.7 Å². The standard InChI is InChI=1S/C25H32BrClN2O4/c1-16(2)14-32-21-8-17(10-24-18(6-7-29(24)3)13-28-25(30)31)9-22(12-21)33-15-19-4-5-20(27)11-23(19)26/h4-5,8-9,11-12,16,18,24,28H,6-7,10,13-15H2,1-3H3,(H,30,31). The maximum atomic E-state index is 11.0. The van der Waals surface area contributed by atoms with Gasteiger partial charge in [-0.3, -0.25) is 0 Å². The fraction of sp³-hybridized carbons (Fsp3) is 0.480. The van der Waals surface area contributed by atoms with Crippen molar-refractivity contribution in [1.82, 2.24) is 10.2 Å². The fourth-order valence-electron chi connectivity index (χ4n) is 4.09. The molecule has 0 bridgehead atoms. The van der Waals surface area contributed by atoms with Crippen molar-refractivity contribution in [3.05, 3.63) is 57.0 Å². The lowest BCUT2D eigenvalue weighted by atomic mass is 9.94. The summed E-state index contributed by atoms with van der Waals surface area (Å²) < 4.78 is 13.1. The van der Waals surface area contributed by atoms with E-state index < -0.39 is 6.09 Å². The third-order valence-electron chi connectivity index (χ3n) is 5.86. The molecule has 0 aromatic heterocycles. The van der Waals surface area contributed by atoms with Crippen LogP contribution in [-0.2, 0) is 13.0 Å². The van der Waals surface area contributed by atoms with Crippen molar-refractivity contribution in [2.45, 2.75) is 39.3 Å². The van der Waals surface area contributed by atoms with Crippen molar-refractivity contribution in [3.8, 4) is 11.5 Å². The molecule has 0 aliphatic carbocycles. The van der Waals surface area contributed by atoms with Crippen molar-refractivity contribution in [1.29, 1.82) is 0 Å². The molecule has 1 heterocycles. The van der Waals surface area contributed by atoms with E-state index in [9.17, 15) is 4.79 Å². The fourth-order valence-corrected chi connectivity index (χ4v) is 4.88. The van der Waals surface area contributed by atoms with Crippen LogP contribution in [0, 0.1) is 11.8 Å². The molecular formula is C25H32BrClN2O4. The summed E-state index contributed by atoms with van der Waals surface area (Å²) in [5, 5.41) is 12.2. The molecule has 1 fully saturated rings. The van der Waals surface area contributed by atoms with E-state index in [0.29, 0.717) is 30.7 Å². The van der Waals surface area contributed by atoms with Gasteiger partial charge in [-0.2, -0.15) is 0 Å². The first-order valence-corrected chi connectivity index (χ1v) is 12.4. The highest BCUT2D eigenvalue weighted by Crippen LogP contribution is 2.31. The second-order valence-corrected chi connectivity index (χ2v) is 10.3. The largest absolute Gasteiger partial charge is 0.493 e. The molecule has 2 N–H and O–H groups in total. The predicted octanol–water partition coefficient (Wildman–Crippen LogP) is 5.85. The monoisotopic (exact) mass is 538 g/mol. The number of likely N-dealkylation sites (tertiary alicyclic amines) is 1. The molecular weight excluding hydrogens is 508 g/mol. The Balaban J connectivity index is 1.77. The Morgan fingerprint density at radius 3 is 2.64 bits per heavy atom. The van der Waals surface area contributed by atoms with Gasteiger partial charge in [-0.1, -0.05) is 47.4 Å². The van der Waals surface area contributed by atoms with Crippen molar-refractivity contribution < 1.29 is 19.4 Å². The zero-order valence-electron chi connectivity index (χ0n) is 19.3. The second kappa shape index (κ2) is 12.0. The molecule has 1 aliphatic heterocycles. The number of ether oxygens (including phenoxy) is 2. The van der Waals surface area contributed by atoms with E-state index in [0.717, 1.165) is 46.5 Å². The number of likely N-dealkylation sites (N-methyl/N-ethyl adjacent to an activating group) is 1. The Morgan fingerprint density at radius 1 is 1.24 bits per heavy atom. The highest BCUT2D eigenvalue weighted by Gasteiger charge is 2.32. The van der Waals surface area contributed by atoms with Gasteiger partial charge in [-0.05, 0) is 68.1 Å². The first-order valence-electron chi connectivity index (χ1n) is 11.2. The van der Waals surface area contributed by atoms with E-state index in [-0.39, 0.29) is 12.0 Å². The average molecular weight is 540 g/mol. The molecule has 2 aromatic carbocycles. The maximum Gasteiger partial charge on any atom is 0.404 e. The summed E-state index contributed by atoms with van der Waals surface area (Å²) in [6, 6.07) is 11.9. The van der Waals surface area contributed by atoms with E-state index in [1.54, 1.807) is 0 Å². The van der Waals surface area contributed by atoms with Crippen molar-refractivity contribution in [2.75, 3.05) is 26.7 Å². The third kappa shape index (κ3) is 7.80. The Hall–Kier alpha value is -1.96. The number of carbonyl (C=O) groups is 1. The van der Waals surface area contributed by atoms with Gasteiger partial charge in [0.2, 0.25) is 0 Å². The van der Waals surface area contributed by atoms with E-state index in [4.69, 9.17) is 26.2 Å². The molecule has 2 unspecified atom stereocenters. The lowest BCUT2D eigenvalue weighted by Gasteiger charge is -2.25. The quantitative estimate of drug-likeness (QED) is 0.396. The molecule has 2 aromatic rings. The Kier molecular flexibility index (Phi) is 9.29. The molecule has 0 spiro atoms. The van der Waals surface area contributed by atoms with Crippen LogP contribution in [0.1, 0.15) is 31.4 Å². The maximum absolute atomic E-state index is 11.0. The molecule has 1 amide bonds. The van der Waals surface area contributed by atoms with Crippen molar-refractivity contribution >= 4 is 33.6 Å². The molecule has 2 atom stereocenters. The summed E-state index contributed by atoms with van der Waals surface area (Å²) in [4.78, 5) is 13.3. The van der Waals surface area contributed by atoms with E-state index in [2.05, 4.69) is 59.2 Å². The highest BCUT2D eigenvalue weighted by atomic mass is 79.9. The van der Waals surface area contributed by atoms with Gasteiger partial charge in [-0.25, -0.2) is 4.79 Å². The number of benzene rings is 2. The molecule has 3 rings (SSSR count). The molecule has 0 radical (unpaired) electrons. The zero-order valence-corrected chi connectivity index (χ0v) is 21.7. The number of rotatable bonds is 10. The number of amides is 1. The highest BCUT2D eigenvalue weighted by molar-refractivity contribution is 9.10. The first-order chi connectivity index (χ1) is 15.7. The number of hydrogen-bond acceptors (Lipinski definition) is 4. The van der Waals surface area contributed by atoms with Gasteiger partial charge in [0.05, 0.1) is 6.61 Å². The average Bonchev–Trinajstić information content (AvgIpc) is 3.09. The van der Waals surface area contributed by atoms with Crippen LogP contribution in [0.15, 0.2) is 40.9 Å². The van der Waals surface area contributed by atoms with Gasteiger partial charge < -0.3 is 24.8 Å². The van der Waals surface area contributed by atoms with E-state index in [1.807, 2.05) is 24.3 Å². The summed E-state index contributed by atoms with van der Waals surface area (Å²) in [7, 11) is 2.10. The zero-order chi connectivity index (χ0) is 24.0. The molecule has 180 valence electrons. The van der Waals surface area contributed by atoms with Crippen LogP contribution in [0.3, 0.4) is 0 Å². The SMILES string of the molecule is CC(C)COc1cc(CC2C(CNC(=O)O)CCN2C)cc(OCc2ccc(Cl)cc2Br)c1. The van der Waals surface area contributed by atoms with Crippen LogP contribution >= 0.6 is 27.5 Å². The van der Waals surface area contributed by atoms with Gasteiger partial charge in [0.15, 0.2) is 0 Å². The molecule has 1 saturated heterocycles. The van der Waals surface area contributed by atoms with Crippen LogP contribution in [0.25, 0.3) is 0 Å². The van der Waals surface area contributed by atoms with Crippen LogP contribution in [-0.4, -0.2) is 48.9 Å². The topological polar surface area (TPSA) is 71.0 Å².